The Hall–Kier alpha value is -1.89. The predicted molar refractivity (Wildman–Crippen MR) is 107 cm³/mol. The van der Waals surface area contributed by atoms with E-state index < -0.39 is 0 Å². The van der Waals surface area contributed by atoms with E-state index in [0.717, 1.165) is 37.0 Å². The van der Waals surface area contributed by atoms with Gasteiger partial charge in [-0.3, -0.25) is 9.69 Å². The summed E-state index contributed by atoms with van der Waals surface area (Å²) in [5.74, 6) is 4.22. The van der Waals surface area contributed by atoms with Crippen molar-refractivity contribution in [2.75, 3.05) is 40.9 Å². The molecule has 1 aromatic carbocycles. The first kappa shape index (κ1) is 17.2. The van der Waals surface area contributed by atoms with E-state index in [9.17, 15) is 9.59 Å². The van der Waals surface area contributed by atoms with Gasteiger partial charge < -0.3 is 15.0 Å². The quantitative estimate of drug-likeness (QED) is 0.859. The topological polar surface area (TPSA) is 61.9 Å². The largest absolute Gasteiger partial charge is 0.442 e. The molecule has 0 aromatic heterocycles. The van der Waals surface area contributed by atoms with Crippen LogP contribution in [0.3, 0.4) is 0 Å². The van der Waals surface area contributed by atoms with Crippen molar-refractivity contribution in [3.63, 3.8) is 0 Å². The second kappa shape index (κ2) is 6.62. The molecule has 4 aliphatic rings. The maximum atomic E-state index is 12.4. The van der Waals surface area contributed by atoms with Crippen LogP contribution in [0.4, 0.5) is 16.2 Å². The third-order valence-corrected chi connectivity index (χ3v) is 7.72. The number of carbonyl (C=O) groups is 2. The van der Waals surface area contributed by atoms with E-state index in [0.29, 0.717) is 13.0 Å². The molecule has 6 nitrogen and oxygen atoms in total. The highest BCUT2D eigenvalue weighted by atomic mass is 32.2. The average Bonchev–Trinajstić information content (AvgIpc) is 3.39. The molecule has 0 saturated carbocycles. The fraction of sp³-hybridized carbons (Fsp3) is 0.600. The summed E-state index contributed by atoms with van der Waals surface area (Å²) in [5.41, 5.74) is 3.46. The molecule has 1 aromatic rings. The third-order valence-electron chi connectivity index (χ3n) is 6.39. The van der Waals surface area contributed by atoms with Crippen molar-refractivity contribution in [2.24, 2.45) is 11.8 Å². The minimum atomic E-state index is -0.296. The lowest BCUT2D eigenvalue weighted by molar-refractivity contribution is -0.121. The van der Waals surface area contributed by atoms with Crippen LogP contribution in [-0.4, -0.2) is 55.3 Å². The van der Waals surface area contributed by atoms with Gasteiger partial charge in [-0.2, -0.15) is 11.8 Å². The lowest BCUT2D eigenvalue weighted by atomic mass is 10.0. The number of nitrogens with zero attached hydrogens (tertiary/aromatic N) is 2. The molecule has 7 heteroatoms. The Bertz CT molecular complexity index is 774. The Morgan fingerprint density at radius 3 is 2.81 bits per heavy atom. The van der Waals surface area contributed by atoms with E-state index in [2.05, 4.69) is 40.2 Å². The van der Waals surface area contributed by atoms with E-state index in [-0.39, 0.29) is 24.1 Å². The van der Waals surface area contributed by atoms with Gasteiger partial charge in [0.05, 0.1) is 18.3 Å². The number of ether oxygens (including phenoxy) is 1. The molecule has 3 fully saturated rings. The SMILES string of the molecule is CCC(=O)NC[C@@H]1OC(=O)N2c3ccc(N4CC5CSCC5C4)cc3C[C@@H]12. The van der Waals surface area contributed by atoms with Crippen LogP contribution >= 0.6 is 11.8 Å². The van der Waals surface area contributed by atoms with E-state index in [4.69, 9.17) is 4.74 Å². The van der Waals surface area contributed by atoms with Crippen LogP contribution in [0.25, 0.3) is 0 Å². The van der Waals surface area contributed by atoms with Gasteiger partial charge >= 0.3 is 6.09 Å². The van der Waals surface area contributed by atoms with Crippen LogP contribution in [0.15, 0.2) is 18.2 Å². The minimum Gasteiger partial charge on any atom is -0.442 e. The molecular weight excluding hydrogens is 362 g/mol. The Balaban J connectivity index is 1.32. The standard InChI is InChI=1S/C20H25N3O3S/c1-2-19(24)21-7-18-17-6-12-5-15(3-4-16(12)23(17)20(25)26-18)22-8-13-10-27-11-14(13)9-22/h3-5,13-14,17-18H,2,6-11H2,1H3,(H,21,24)/t13?,14?,17-,18-/m0/s1. The number of nitrogens with one attached hydrogen (secondary N) is 1. The Labute approximate surface area is 163 Å². The number of fused-ring (bicyclic) bond motifs is 4. The summed E-state index contributed by atoms with van der Waals surface area (Å²) in [4.78, 5) is 28.2. The minimum absolute atomic E-state index is 0.0139. The molecule has 3 saturated heterocycles. The van der Waals surface area contributed by atoms with Crippen LogP contribution in [0.1, 0.15) is 18.9 Å². The van der Waals surface area contributed by atoms with E-state index >= 15 is 0 Å². The van der Waals surface area contributed by atoms with Crippen molar-refractivity contribution >= 4 is 35.1 Å². The first-order chi connectivity index (χ1) is 13.1. The van der Waals surface area contributed by atoms with Gasteiger partial charge in [-0.25, -0.2) is 4.79 Å². The zero-order valence-electron chi connectivity index (χ0n) is 15.5. The molecule has 4 aliphatic heterocycles. The van der Waals surface area contributed by atoms with Gasteiger partial charge in [0.1, 0.15) is 6.10 Å². The molecule has 2 amide bonds. The molecule has 0 aliphatic carbocycles. The highest BCUT2D eigenvalue weighted by molar-refractivity contribution is 7.99. The van der Waals surface area contributed by atoms with Gasteiger partial charge in [0.15, 0.2) is 0 Å². The molecule has 0 radical (unpaired) electrons. The molecule has 1 N–H and O–H groups in total. The van der Waals surface area contributed by atoms with Crippen molar-refractivity contribution in [3.05, 3.63) is 23.8 Å². The van der Waals surface area contributed by atoms with Gasteiger partial charge in [-0.15, -0.1) is 0 Å². The Morgan fingerprint density at radius 1 is 1.30 bits per heavy atom. The second-order valence-electron chi connectivity index (χ2n) is 8.00. The molecular formula is C20H25N3O3S. The van der Waals surface area contributed by atoms with Crippen LogP contribution in [0.2, 0.25) is 0 Å². The summed E-state index contributed by atoms with van der Waals surface area (Å²) >= 11 is 2.09. The second-order valence-corrected chi connectivity index (χ2v) is 9.07. The van der Waals surface area contributed by atoms with Crippen LogP contribution < -0.4 is 15.1 Å². The predicted octanol–water partition coefficient (Wildman–Crippen LogP) is 2.26. The molecule has 144 valence electrons. The van der Waals surface area contributed by atoms with Gasteiger partial charge in [-0.05, 0) is 53.5 Å². The van der Waals surface area contributed by atoms with Crippen LogP contribution in [-0.2, 0) is 16.0 Å². The van der Waals surface area contributed by atoms with E-state index in [1.807, 2.05) is 6.92 Å². The van der Waals surface area contributed by atoms with E-state index in [1.165, 1.54) is 22.8 Å². The van der Waals surface area contributed by atoms with Gasteiger partial charge in [0.25, 0.3) is 0 Å². The zero-order valence-corrected chi connectivity index (χ0v) is 16.3. The summed E-state index contributed by atoms with van der Waals surface area (Å²) in [5, 5.41) is 2.86. The van der Waals surface area contributed by atoms with Crippen molar-refractivity contribution < 1.29 is 14.3 Å². The molecule has 2 unspecified atom stereocenters. The fourth-order valence-corrected chi connectivity index (χ4v) is 6.37. The molecule has 27 heavy (non-hydrogen) atoms. The summed E-state index contributed by atoms with van der Waals surface area (Å²) in [7, 11) is 0. The summed E-state index contributed by atoms with van der Waals surface area (Å²) < 4.78 is 5.52. The average molecular weight is 388 g/mol. The van der Waals surface area contributed by atoms with Gasteiger partial charge in [-0.1, -0.05) is 6.92 Å². The Kier molecular flexibility index (Phi) is 4.22. The number of amides is 2. The molecule has 0 spiro atoms. The zero-order chi connectivity index (χ0) is 18.5. The smallest absolute Gasteiger partial charge is 0.415 e. The Morgan fingerprint density at radius 2 is 2.07 bits per heavy atom. The lowest BCUT2D eigenvalue weighted by Crippen LogP contribution is -2.40. The van der Waals surface area contributed by atoms with Crippen LogP contribution in [0.5, 0.6) is 0 Å². The number of rotatable bonds is 4. The fourth-order valence-electron chi connectivity index (χ4n) is 4.87. The molecule has 4 atom stereocenters. The number of benzene rings is 1. The number of hydrogen-bond donors (Lipinski definition) is 1. The first-order valence-electron chi connectivity index (χ1n) is 9.86. The highest BCUT2D eigenvalue weighted by Gasteiger charge is 2.47. The maximum absolute atomic E-state index is 12.4. The van der Waals surface area contributed by atoms with Crippen molar-refractivity contribution in [1.29, 1.82) is 0 Å². The number of hydrogen-bond acceptors (Lipinski definition) is 5. The highest BCUT2D eigenvalue weighted by Crippen LogP contribution is 2.42. The number of carbonyl (C=O) groups excluding carboxylic acids is 2. The molecule has 4 heterocycles. The molecule has 0 bridgehead atoms. The van der Waals surface area contributed by atoms with E-state index in [1.54, 1.807) is 4.90 Å². The number of thioether (sulfide) groups is 1. The third kappa shape index (κ3) is 2.87. The maximum Gasteiger partial charge on any atom is 0.415 e. The summed E-state index contributed by atoms with van der Waals surface area (Å²) in [6.45, 7) is 4.50. The molecule has 5 rings (SSSR count). The lowest BCUT2D eigenvalue weighted by Gasteiger charge is -2.21. The first-order valence-corrected chi connectivity index (χ1v) is 11.0. The number of anilines is 2. The van der Waals surface area contributed by atoms with Crippen molar-refractivity contribution in [2.45, 2.75) is 31.9 Å². The van der Waals surface area contributed by atoms with Crippen molar-refractivity contribution in [3.8, 4) is 0 Å². The van der Waals surface area contributed by atoms with Gasteiger partial charge in [0.2, 0.25) is 5.91 Å². The monoisotopic (exact) mass is 387 g/mol. The van der Waals surface area contributed by atoms with Crippen LogP contribution in [0, 0.1) is 11.8 Å². The summed E-state index contributed by atoms with van der Waals surface area (Å²) in [6, 6.07) is 6.46. The number of cyclic esters (lactones) is 1. The summed E-state index contributed by atoms with van der Waals surface area (Å²) in [6.07, 6.45) is 0.648. The van der Waals surface area contributed by atoms with Crippen molar-refractivity contribution in [1.82, 2.24) is 5.32 Å². The van der Waals surface area contributed by atoms with Gasteiger partial charge in [0, 0.05) is 25.2 Å². The normalized spacial score (nSPS) is 30.9.